The van der Waals surface area contributed by atoms with Gasteiger partial charge in [0.25, 0.3) is 0 Å². The van der Waals surface area contributed by atoms with Crippen molar-refractivity contribution < 1.29 is 14.1 Å². The summed E-state index contributed by atoms with van der Waals surface area (Å²) < 4.78 is 5.41. The average Bonchev–Trinajstić information content (AvgIpc) is 3.40. The van der Waals surface area contributed by atoms with Gasteiger partial charge in [-0.25, -0.2) is 4.99 Å². The molecular formula is C21H24N4O3S. The highest BCUT2D eigenvalue weighted by Gasteiger charge is 2.17. The summed E-state index contributed by atoms with van der Waals surface area (Å²) in [4.78, 5) is 27.6. The summed E-state index contributed by atoms with van der Waals surface area (Å²) in [5, 5.41) is 9.70. The summed E-state index contributed by atoms with van der Waals surface area (Å²) in [5.74, 6) is 1.26. The van der Waals surface area contributed by atoms with Crippen molar-refractivity contribution in [3.05, 3.63) is 48.2 Å². The van der Waals surface area contributed by atoms with E-state index in [0.29, 0.717) is 36.7 Å². The number of aromatic nitrogens is 1. The SMILES string of the molecule is O=C(CS)NCCCCCC(=O)NC1=NC(c2cc(-c3ccccc3)no2)=CC1. The van der Waals surface area contributed by atoms with Crippen molar-refractivity contribution in [3.8, 4) is 11.3 Å². The molecule has 0 unspecified atom stereocenters. The minimum Gasteiger partial charge on any atom is -0.355 e. The smallest absolute Gasteiger partial charge is 0.229 e. The van der Waals surface area contributed by atoms with Gasteiger partial charge in [-0.1, -0.05) is 41.9 Å². The van der Waals surface area contributed by atoms with Gasteiger partial charge < -0.3 is 15.2 Å². The Balaban J connectivity index is 1.41. The molecule has 2 heterocycles. The van der Waals surface area contributed by atoms with Crippen LogP contribution in [0.5, 0.6) is 0 Å². The highest BCUT2D eigenvalue weighted by molar-refractivity contribution is 7.81. The van der Waals surface area contributed by atoms with Crippen molar-refractivity contribution in [2.24, 2.45) is 4.99 Å². The summed E-state index contributed by atoms with van der Waals surface area (Å²) in [6.45, 7) is 0.614. The molecule has 2 amide bonds. The zero-order valence-electron chi connectivity index (χ0n) is 16.1. The summed E-state index contributed by atoms with van der Waals surface area (Å²) in [6, 6.07) is 11.6. The summed E-state index contributed by atoms with van der Waals surface area (Å²) in [5.41, 5.74) is 2.40. The Bertz CT molecular complexity index is 906. The van der Waals surface area contributed by atoms with Crippen LogP contribution in [0.2, 0.25) is 0 Å². The van der Waals surface area contributed by atoms with Gasteiger partial charge in [0.2, 0.25) is 11.8 Å². The highest BCUT2D eigenvalue weighted by atomic mass is 32.1. The first kappa shape index (κ1) is 20.9. The summed E-state index contributed by atoms with van der Waals surface area (Å²) in [7, 11) is 0. The van der Waals surface area contributed by atoms with E-state index in [-0.39, 0.29) is 17.6 Å². The predicted octanol–water partition coefficient (Wildman–Crippen LogP) is 3.21. The van der Waals surface area contributed by atoms with Gasteiger partial charge in [0, 0.05) is 31.0 Å². The van der Waals surface area contributed by atoms with Gasteiger partial charge in [0.15, 0.2) is 5.76 Å². The molecule has 0 aliphatic carbocycles. The van der Waals surface area contributed by atoms with Gasteiger partial charge in [-0.2, -0.15) is 12.6 Å². The Kier molecular flexibility index (Phi) is 7.63. The van der Waals surface area contributed by atoms with E-state index in [1.165, 1.54) is 0 Å². The first-order valence-electron chi connectivity index (χ1n) is 9.63. The number of hydrogen-bond donors (Lipinski definition) is 3. The lowest BCUT2D eigenvalue weighted by Crippen LogP contribution is -2.29. The Morgan fingerprint density at radius 1 is 1.10 bits per heavy atom. The van der Waals surface area contributed by atoms with Crippen LogP contribution in [0.1, 0.15) is 37.9 Å². The quantitative estimate of drug-likeness (QED) is 0.435. The Labute approximate surface area is 175 Å². The van der Waals surface area contributed by atoms with Gasteiger partial charge in [-0.05, 0) is 18.9 Å². The number of amidine groups is 1. The van der Waals surface area contributed by atoms with E-state index in [0.717, 1.165) is 30.5 Å². The van der Waals surface area contributed by atoms with Crippen molar-refractivity contribution in [3.63, 3.8) is 0 Å². The number of rotatable bonds is 9. The second-order valence-corrected chi connectivity index (χ2v) is 6.98. The van der Waals surface area contributed by atoms with Crippen molar-refractivity contribution >= 4 is 36.0 Å². The van der Waals surface area contributed by atoms with E-state index >= 15 is 0 Å². The van der Waals surface area contributed by atoms with Gasteiger partial charge in [-0.15, -0.1) is 0 Å². The maximum atomic E-state index is 12.1. The standard InChI is InChI=1S/C21H24N4O3S/c26-20(9-5-2-6-12-22-21(27)14-29)24-19-11-10-16(23-19)18-13-17(25-28-18)15-7-3-1-4-8-15/h1,3-4,7-8,10,13,29H,2,5-6,9,11-12,14H2,(H,22,27)(H,23,24,26). The third kappa shape index (κ3) is 6.32. The number of hydrogen-bond acceptors (Lipinski definition) is 6. The van der Waals surface area contributed by atoms with Crippen LogP contribution in [0.25, 0.3) is 17.0 Å². The molecule has 0 bridgehead atoms. The van der Waals surface area contributed by atoms with Crippen molar-refractivity contribution in [1.29, 1.82) is 0 Å². The van der Waals surface area contributed by atoms with Gasteiger partial charge in [-0.3, -0.25) is 9.59 Å². The van der Waals surface area contributed by atoms with Crippen LogP contribution in [-0.2, 0) is 9.59 Å². The first-order valence-corrected chi connectivity index (χ1v) is 10.3. The Hall–Kier alpha value is -2.87. The van der Waals surface area contributed by atoms with Crippen molar-refractivity contribution in [2.45, 2.75) is 32.1 Å². The third-order valence-corrected chi connectivity index (χ3v) is 4.69. The van der Waals surface area contributed by atoms with Gasteiger partial charge in [0.1, 0.15) is 17.2 Å². The number of amides is 2. The van der Waals surface area contributed by atoms with E-state index < -0.39 is 0 Å². The fourth-order valence-electron chi connectivity index (χ4n) is 2.90. The number of nitrogens with zero attached hydrogens (tertiary/aromatic N) is 2. The Morgan fingerprint density at radius 2 is 1.93 bits per heavy atom. The average molecular weight is 413 g/mol. The molecule has 7 nitrogen and oxygen atoms in total. The van der Waals surface area contributed by atoms with Crippen LogP contribution in [-0.4, -0.2) is 35.1 Å². The normalized spacial score (nSPS) is 13.0. The highest BCUT2D eigenvalue weighted by Crippen LogP contribution is 2.26. The predicted molar refractivity (Wildman–Crippen MR) is 115 cm³/mol. The molecule has 0 saturated heterocycles. The molecule has 0 radical (unpaired) electrons. The van der Waals surface area contributed by atoms with E-state index in [9.17, 15) is 9.59 Å². The second kappa shape index (κ2) is 10.6. The van der Waals surface area contributed by atoms with Crippen LogP contribution in [0.3, 0.4) is 0 Å². The number of nitrogens with one attached hydrogen (secondary N) is 2. The van der Waals surface area contributed by atoms with Gasteiger partial charge in [0.05, 0.1) is 5.75 Å². The van der Waals surface area contributed by atoms with Crippen molar-refractivity contribution in [2.75, 3.05) is 12.3 Å². The van der Waals surface area contributed by atoms with E-state index in [1.54, 1.807) is 0 Å². The molecule has 2 N–H and O–H groups in total. The number of carbonyl (C=O) groups is 2. The summed E-state index contributed by atoms with van der Waals surface area (Å²) >= 11 is 3.90. The molecule has 3 rings (SSSR count). The zero-order valence-corrected chi connectivity index (χ0v) is 17.0. The molecule has 0 atom stereocenters. The molecule has 0 spiro atoms. The number of thiol groups is 1. The van der Waals surface area contributed by atoms with E-state index in [2.05, 4.69) is 33.4 Å². The number of carbonyl (C=O) groups excluding carboxylic acids is 2. The van der Waals surface area contributed by atoms with E-state index in [4.69, 9.17) is 4.52 Å². The van der Waals surface area contributed by atoms with Crippen molar-refractivity contribution in [1.82, 2.24) is 15.8 Å². The second-order valence-electron chi connectivity index (χ2n) is 6.66. The Morgan fingerprint density at radius 3 is 2.72 bits per heavy atom. The van der Waals surface area contributed by atoms with Crippen LogP contribution in [0, 0.1) is 0 Å². The number of benzene rings is 1. The fraction of sp³-hybridized carbons (Fsp3) is 0.333. The lowest BCUT2D eigenvalue weighted by molar-refractivity contribution is -0.120. The summed E-state index contributed by atoms with van der Waals surface area (Å²) in [6.07, 6.45) is 5.37. The minimum atomic E-state index is -0.0729. The number of aliphatic imine (C=N–C) groups is 1. The lowest BCUT2D eigenvalue weighted by atomic mass is 10.1. The molecule has 1 aliphatic rings. The fourth-order valence-corrected chi connectivity index (χ4v) is 3.01. The van der Waals surface area contributed by atoms with Crippen LogP contribution in [0.15, 0.2) is 52.0 Å². The molecule has 0 fully saturated rings. The topological polar surface area (TPSA) is 96.6 Å². The molecule has 1 aliphatic heterocycles. The van der Waals surface area contributed by atoms with Crippen LogP contribution in [0.4, 0.5) is 0 Å². The molecule has 2 aromatic rings. The number of unbranched alkanes of at least 4 members (excludes halogenated alkanes) is 2. The maximum Gasteiger partial charge on any atom is 0.229 e. The molecule has 29 heavy (non-hydrogen) atoms. The molecule has 1 aromatic carbocycles. The van der Waals surface area contributed by atoms with E-state index in [1.807, 2.05) is 42.5 Å². The third-order valence-electron chi connectivity index (χ3n) is 4.41. The largest absolute Gasteiger partial charge is 0.355 e. The maximum absolute atomic E-state index is 12.1. The zero-order chi connectivity index (χ0) is 20.5. The van der Waals surface area contributed by atoms with Crippen LogP contribution >= 0.6 is 12.6 Å². The molecule has 8 heteroatoms. The van der Waals surface area contributed by atoms with Crippen LogP contribution < -0.4 is 10.6 Å². The lowest BCUT2D eigenvalue weighted by Gasteiger charge is -2.05. The molecular weight excluding hydrogens is 388 g/mol. The minimum absolute atomic E-state index is 0.0552. The van der Waals surface area contributed by atoms with Gasteiger partial charge >= 0.3 is 0 Å². The molecule has 0 saturated carbocycles. The monoisotopic (exact) mass is 412 g/mol. The first-order chi connectivity index (χ1) is 14.2. The molecule has 152 valence electrons. The molecule has 1 aromatic heterocycles.